The minimum Gasteiger partial charge on any atom is -0.493 e. The predicted octanol–water partition coefficient (Wildman–Crippen LogP) is 5.55. The van der Waals surface area contributed by atoms with Crippen molar-refractivity contribution in [1.29, 1.82) is 0 Å². The fourth-order valence-corrected chi connectivity index (χ4v) is 3.58. The van der Waals surface area contributed by atoms with Crippen LogP contribution in [0.4, 0.5) is 0 Å². The van der Waals surface area contributed by atoms with Crippen LogP contribution in [0.1, 0.15) is 30.5 Å². The molecular formula is C26H28O5. The van der Waals surface area contributed by atoms with E-state index in [-0.39, 0.29) is 6.79 Å². The maximum atomic E-state index is 11.9. The molecule has 0 saturated carbocycles. The van der Waals surface area contributed by atoms with Crippen LogP contribution in [0.3, 0.4) is 0 Å². The van der Waals surface area contributed by atoms with Crippen LogP contribution in [-0.2, 0) is 16.0 Å². The Morgan fingerprint density at radius 1 is 1.06 bits per heavy atom. The van der Waals surface area contributed by atoms with Gasteiger partial charge in [0.05, 0.1) is 12.5 Å². The van der Waals surface area contributed by atoms with E-state index < -0.39 is 11.4 Å². The standard InChI is InChI=1S/C26H28O5/c1-17(26(2,3)25(27)28)21-15-22(30-5)24(31-16-29-4)23-19(12-9-13-20(21)23)14-18-10-7-6-8-11-18/h6-13,15H,1,14,16H2,2-5H3,(H,27,28). The molecule has 3 rings (SSSR count). The van der Waals surface area contributed by atoms with Gasteiger partial charge in [-0.05, 0) is 54.0 Å². The molecule has 0 bridgehead atoms. The molecule has 0 aliphatic heterocycles. The molecule has 0 radical (unpaired) electrons. The number of fused-ring (bicyclic) bond motifs is 1. The van der Waals surface area contributed by atoms with E-state index in [4.69, 9.17) is 14.2 Å². The van der Waals surface area contributed by atoms with Crippen LogP contribution in [0, 0.1) is 5.41 Å². The van der Waals surface area contributed by atoms with Crippen molar-refractivity contribution in [3.05, 3.63) is 77.9 Å². The van der Waals surface area contributed by atoms with Gasteiger partial charge in [0.25, 0.3) is 0 Å². The number of hydrogen-bond donors (Lipinski definition) is 1. The van der Waals surface area contributed by atoms with Gasteiger partial charge in [-0.3, -0.25) is 4.79 Å². The maximum absolute atomic E-state index is 11.9. The van der Waals surface area contributed by atoms with Crippen molar-refractivity contribution >= 4 is 22.3 Å². The Bertz CT molecular complexity index is 1100. The quantitative estimate of drug-likeness (QED) is 0.460. The molecule has 0 amide bonds. The Kier molecular flexibility index (Phi) is 6.66. The molecule has 0 atom stereocenters. The Morgan fingerprint density at radius 3 is 2.39 bits per heavy atom. The van der Waals surface area contributed by atoms with Crippen molar-refractivity contribution in [2.45, 2.75) is 20.3 Å². The summed E-state index contributed by atoms with van der Waals surface area (Å²) in [6.45, 7) is 7.51. The van der Waals surface area contributed by atoms with E-state index in [0.717, 1.165) is 27.5 Å². The molecular weight excluding hydrogens is 392 g/mol. The fourth-order valence-electron chi connectivity index (χ4n) is 3.58. The minimum atomic E-state index is -1.15. The number of methoxy groups -OCH3 is 2. The van der Waals surface area contributed by atoms with E-state index in [1.165, 1.54) is 0 Å². The van der Waals surface area contributed by atoms with Gasteiger partial charge in [-0.15, -0.1) is 0 Å². The average molecular weight is 421 g/mol. The highest BCUT2D eigenvalue weighted by Crippen LogP contribution is 2.45. The SMILES string of the molecule is C=C(c1cc(OC)c(OCOC)c2c(Cc3ccccc3)cccc12)C(C)(C)C(=O)O. The van der Waals surface area contributed by atoms with Gasteiger partial charge in [0.1, 0.15) is 0 Å². The first-order valence-electron chi connectivity index (χ1n) is 10.0. The number of rotatable bonds is 9. The van der Waals surface area contributed by atoms with Crippen molar-refractivity contribution in [1.82, 2.24) is 0 Å². The van der Waals surface area contributed by atoms with Gasteiger partial charge in [-0.2, -0.15) is 0 Å². The number of carboxylic acids is 1. The maximum Gasteiger partial charge on any atom is 0.313 e. The lowest BCUT2D eigenvalue weighted by molar-refractivity contribution is -0.143. The molecule has 5 heteroatoms. The molecule has 0 heterocycles. The van der Waals surface area contributed by atoms with Gasteiger partial charge in [0.15, 0.2) is 18.3 Å². The molecule has 3 aromatic rings. The monoisotopic (exact) mass is 420 g/mol. The zero-order chi connectivity index (χ0) is 22.6. The molecule has 162 valence electrons. The first kappa shape index (κ1) is 22.4. The average Bonchev–Trinajstić information content (AvgIpc) is 2.77. The largest absolute Gasteiger partial charge is 0.493 e. The summed E-state index contributed by atoms with van der Waals surface area (Å²) < 4.78 is 16.7. The second-order valence-corrected chi connectivity index (χ2v) is 7.92. The second-order valence-electron chi connectivity index (χ2n) is 7.92. The molecule has 0 unspecified atom stereocenters. The van der Waals surface area contributed by atoms with Crippen molar-refractivity contribution in [2.24, 2.45) is 5.41 Å². The van der Waals surface area contributed by atoms with E-state index in [0.29, 0.717) is 23.5 Å². The molecule has 0 saturated heterocycles. The van der Waals surface area contributed by atoms with Crippen LogP contribution in [0.2, 0.25) is 0 Å². The zero-order valence-corrected chi connectivity index (χ0v) is 18.4. The molecule has 5 nitrogen and oxygen atoms in total. The first-order chi connectivity index (χ1) is 14.8. The first-order valence-corrected chi connectivity index (χ1v) is 10.0. The number of hydrogen-bond acceptors (Lipinski definition) is 4. The molecule has 0 fully saturated rings. The summed E-state index contributed by atoms with van der Waals surface area (Å²) in [7, 11) is 3.13. The van der Waals surface area contributed by atoms with Crippen molar-refractivity contribution in [2.75, 3.05) is 21.0 Å². The molecule has 0 aliphatic rings. The Balaban J connectivity index is 2.31. The van der Waals surface area contributed by atoms with Crippen LogP contribution in [-0.4, -0.2) is 32.1 Å². The van der Waals surface area contributed by atoms with Gasteiger partial charge < -0.3 is 19.3 Å². The Hall–Kier alpha value is -3.31. The summed E-state index contributed by atoms with van der Waals surface area (Å²) in [4.78, 5) is 11.9. The van der Waals surface area contributed by atoms with Gasteiger partial charge >= 0.3 is 5.97 Å². The number of benzene rings is 3. The number of carbonyl (C=O) groups is 1. The minimum absolute atomic E-state index is 0.0616. The molecule has 1 N–H and O–H groups in total. The topological polar surface area (TPSA) is 65.0 Å². The lowest BCUT2D eigenvalue weighted by atomic mass is 9.79. The van der Waals surface area contributed by atoms with Crippen molar-refractivity contribution in [3.8, 4) is 11.5 Å². The number of carboxylic acid groups (broad SMARTS) is 1. The molecule has 0 aromatic heterocycles. The predicted molar refractivity (Wildman–Crippen MR) is 123 cm³/mol. The third kappa shape index (κ3) is 4.42. The lowest BCUT2D eigenvalue weighted by Crippen LogP contribution is -2.25. The third-order valence-electron chi connectivity index (χ3n) is 5.56. The smallest absolute Gasteiger partial charge is 0.313 e. The highest BCUT2D eigenvalue weighted by atomic mass is 16.7. The van der Waals surface area contributed by atoms with E-state index in [1.54, 1.807) is 34.1 Å². The van der Waals surface area contributed by atoms with E-state index >= 15 is 0 Å². The van der Waals surface area contributed by atoms with Crippen LogP contribution in [0.25, 0.3) is 16.3 Å². The van der Waals surface area contributed by atoms with Gasteiger partial charge in [-0.1, -0.05) is 55.1 Å². The van der Waals surface area contributed by atoms with E-state index in [9.17, 15) is 9.90 Å². The van der Waals surface area contributed by atoms with E-state index in [2.05, 4.69) is 18.7 Å². The number of ether oxygens (including phenoxy) is 3. The molecule has 0 aliphatic carbocycles. The highest BCUT2D eigenvalue weighted by Gasteiger charge is 2.33. The van der Waals surface area contributed by atoms with Crippen molar-refractivity contribution in [3.63, 3.8) is 0 Å². The summed E-state index contributed by atoms with van der Waals surface area (Å²) in [5, 5.41) is 11.5. The lowest BCUT2D eigenvalue weighted by Gasteiger charge is -2.26. The molecule has 0 spiro atoms. The summed E-state index contributed by atoms with van der Waals surface area (Å²) in [6, 6.07) is 17.9. The highest BCUT2D eigenvalue weighted by molar-refractivity contribution is 6.04. The summed E-state index contributed by atoms with van der Waals surface area (Å²) >= 11 is 0. The summed E-state index contributed by atoms with van der Waals surface area (Å²) in [6.07, 6.45) is 0.683. The molecule has 31 heavy (non-hydrogen) atoms. The number of aliphatic carboxylic acids is 1. The Morgan fingerprint density at radius 2 is 1.77 bits per heavy atom. The van der Waals surface area contributed by atoms with Crippen molar-refractivity contribution < 1.29 is 24.1 Å². The van der Waals surface area contributed by atoms with Crippen LogP contribution >= 0.6 is 0 Å². The van der Waals surface area contributed by atoms with Gasteiger partial charge in [-0.25, -0.2) is 0 Å². The summed E-state index contributed by atoms with van der Waals surface area (Å²) in [5.74, 6) is 0.128. The summed E-state index contributed by atoms with van der Waals surface area (Å²) in [5.41, 5.74) is 2.26. The van der Waals surface area contributed by atoms with Crippen LogP contribution < -0.4 is 9.47 Å². The molecule has 3 aromatic carbocycles. The Labute approximate surface area is 182 Å². The normalized spacial score (nSPS) is 11.4. The third-order valence-corrected chi connectivity index (χ3v) is 5.56. The zero-order valence-electron chi connectivity index (χ0n) is 18.4. The van der Waals surface area contributed by atoms with Crippen LogP contribution in [0.15, 0.2) is 61.2 Å². The van der Waals surface area contributed by atoms with E-state index in [1.807, 2.05) is 36.4 Å². The fraction of sp³-hybridized carbons (Fsp3) is 0.269. The van der Waals surface area contributed by atoms with Gasteiger partial charge in [0, 0.05) is 12.5 Å². The second kappa shape index (κ2) is 9.23. The van der Waals surface area contributed by atoms with Crippen LogP contribution in [0.5, 0.6) is 11.5 Å². The van der Waals surface area contributed by atoms with Gasteiger partial charge in [0.2, 0.25) is 0 Å².